The molecule has 0 unspecified atom stereocenters. The minimum absolute atomic E-state index is 1.04. The lowest BCUT2D eigenvalue weighted by Gasteiger charge is -2.12. The summed E-state index contributed by atoms with van der Waals surface area (Å²) < 4.78 is 2.43. The van der Waals surface area contributed by atoms with E-state index in [9.17, 15) is 0 Å². The van der Waals surface area contributed by atoms with E-state index in [0.717, 1.165) is 19.5 Å². The quantitative estimate of drug-likeness (QED) is 0.637. The summed E-state index contributed by atoms with van der Waals surface area (Å²) in [6, 6.07) is 21.4. The highest BCUT2D eigenvalue weighted by Crippen LogP contribution is 2.22. The van der Waals surface area contributed by atoms with Gasteiger partial charge in [-0.05, 0) is 50.8 Å². The molecule has 0 fully saturated rings. The Morgan fingerprint density at radius 3 is 2.43 bits per heavy atom. The van der Waals surface area contributed by atoms with Gasteiger partial charge in [0.15, 0.2) is 0 Å². The second kappa shape index (κ2) is 7.30. The Kier molecular flexibility index (Phi) is 4.94. The molecule has 118 valence electrons. The van der Waals surface area contributed by atoms with E-state index < -0.39 is 0 Å². The van der Waals surface area contributed by atoms with Crippen molar-refractivity contribution in [3.05, 3.63) is 71.9 Å². The largest absolute Gasteiger partial charge is 0.341 e. The molecule has 2 heteroatoms. The Bertz CT molecular complexity index is 782. The van der Waals surface area contributed by atoms with Crippen molar-refractivity contribution in [1.29, 1.82) is 0 Å². The number of nitrogens with zero attached hydrogens (tertiary/aromatic N) is 2. The van der Waals surface area contributed by atoms with Crippen LogP contribution in [-0.2, 0) is 6.54 Å². The summed E-state index contributed by atoms with van der Waals surface area (Å²) in [5, 5.41) is 1.31. The Morgan fingerprint density at radius 2 is 1.65 bits per heavy atom. The molecular weight excluding hydrogens is 280 g/mol. The third-order valence-electron chi connectivity index (χ3n) is 4.08. The zero-order chi connectivity index (χ0) is 16.1. The van der Waals surface area contributed by atoms with Crippen molar-refractivity contribution in [2.75, 3.05) is 20.6 Å². The van der Waals surface area contributed by atoms with Gasteiger partial charge in [-0.25, -0.2) is 0 Å². The number of rotatable bonds is 6. The second-order valence-corrected chi connectivity index (χ2v) is 6.18. The average molecular weight is 304 g/mol. The van der Waals surface area contributed by atoms with Crippen LogP contribution in [0, 0.1) is 0 Å². The number of aromatic nitrogens is 1. The number of hydrogen-bond acceptors (Lipinski definition) is 1. The third-order valence-corrected chi connectivity index (χ3v) is 4.08. The summed E-state index contributed by atoms with van der Waals surface area (Å²) in [6.07, 6.45) is 5.57. The van der Waals surface area contributed by atoms with Crippen LogP contribution in [-0.4, -0.2) is 30.1 Å². The molecule has 0 N–H and O–H groups in total. The maximum Gasteiger partial charge on any atom is 0.0485 e. The first-order valence-electron chi connectivity index (χ1n) is 8.20. The summed E-state index contributed by atoms with van der Waals surface area (Å²) in [5.41, 5.74) is 3.82. The predicted octanol–water partition coefficient (Wildman–Crippen LogP) is 4.76. The second-order valence-electron chi connectivity index (χ2n) is 6.18. The molecule has 0 atom stereocenters. The third kappa shape index (κ3) is 3.91. The smallest absolute Gasteiger partial charge is 0.0485 e. The lowest BCUT2D eigenvalue weighted by Crippen LogP contribution is -2.15. The summed E-state index contributed by atoms with van der Waals surface area (Å²) in [4.78, 5) is 2.24. The fourth-order valence-electron chi connectivity index (χ4n) is 2.91. The Balaban J connectivity index is 1.90. The average Bonchev–Trinajstić information content (AvgIpc) is 2.92. The van der Waals surface area contributed by atoms with Gasteiger partial charge in [-0.1, -0.05) is 54.6 Å². The molecule has 0 amide bonds. The van der Waals surface area contributed by atoms with E-state index in [-0.39, 0.29) is 0 Å². The monoisotopic (exact) mass is 304 g/mol. The molecule has 0 saturated carbocycles. The molecule has 0 radical (unpaired) electrons. The van der Waals surface area contributed by atoms with Crippen LogP contribution in [0.2, 0.25) is 0 Å². The van der Waals surface area contributed by atoms with Gasteiger partial charge in [0.25, 0.3) is 0 Å². The maximum absolute atomic E-state index is 2.43. The Hall–Kier alpha value is -2.32. The summed E-state index contributed by atoms with van der Waals surface area (Å²) in [7, 11) is 4.26. The number of benzene rings is 2. The van der Waals surface area contributed by atoms with E-state index in [4.69, 9.17) is 0 Å². The number of para-hydroxylation sites is 1. The minimum Gasteiger partial charge on any atom is -0.341 e. The molecule has 3 aromatic rings. The topological polar surface area (TPSA) is 8.17 Å². The highest BCUT2D eigenvalue weighted by atomic mass is 15.1. The van der Waals surface area contributed by atoms with Crippen LogP contribution in [0.1, 0.15) is 17.7 Å². The molecule has 0 bridgehead atoms. The van der Waals surface area contributed by atoms with E-state index in [1.165, 1.54) is 22.2 Å². The van der Waals surface area contributed by atoms with Gasteiger partial charge in [-0.2, -0.15) is 0 Å². The van der Waals surface area contributed by atoms with Crippen molar-refractivity contribution in [1.82, 2.24) is 9.47 Å². The van der Waals surface area contributed by atoms with Gasteiger partial charge in [0.05, 0.1) is 0 Å². The van der Waals surface area contributed by atoms with Crippen LogP contribution in [0.5, 0.6) is 0 Å². The van der Waals surface area contributed by atoms with Gasteiger partial charge < -0.3 is 9.47 Å². The van der Waals surface area contributed by atoms with Crippen LogP contribution in [0.25, 0.3) is 23.1 Å². The first-order chi connectivity index (χ1) is 11.2. The predicted molar refractivity (Wildman–Crippen MR) is 100 cm³/mol. The highest BCUT2D eigenvalue weighted by Gasteiger charge is 2.06. The molecule has 2 aromatic carbocycles. The molecule has 0 saturated heterocycles. The molecule has 1 aromatic heterocycles. The lowest BCUT2D eigenvalue weighted by molar-refractivity contribution is 0.388. The highest BCUT2D eigenvalue weighted by molar-refractivity contribution is 5.85. The molecule has 0 aliphatic carbocycles. The first kappa shape index (κ1) is 15.6. The van der Waals surface area contributed by atoms with Crippen molar-refractivity contribution >= 4 is 23.1 Å². The number of fused-ring (bicyclic) bond motifs is 1. The summed E-state index contributed by atoms with van der Waals surface area (Å²) in [6.45, 7) is 2.15. The number of aryl methyl sites for hydroxylation is 1. The van der Waals surface area contributed by atoms with E-state index in [2.05, 4.69) is 96.4 Å². The zero-order valence-corrected chi connectivity index (χ0v) is 13.9. The van der Waals surface area contributed by atoms with Gasteiger partial charge in [-0.3, -0.25) is 0 Å². The van der Waals surface area contributed by atoms with E-state index in [1.54, 1.807) is 0 Å². The molecular formula is C21H24N2. The summed E-state index contributed by atoms with van der Waals surface area (Å²) in [5.74, 6) is 0. The lowest BCUT2D eigenvalue weighted by atomic mass is 10.2. The van der Waals surface area contributed by atoms with Crippen molar-refractivity contribution in [2.45, 2.75) is 13.0 Å². The van der Waals surface area contributed by atoms with Gasteiger partial charge in [0.2, 0.25) is 0 Å². The van der Waals surface area contributed by atoms with Crippen molar-refractivity contribution in [3.63, 3.8) is 0 Å². The van der Waals surface area contributed by atoms with Crippen LogP contribution < -0.4 is 0 Å². The maximum atomic E-state index is 2.43. The molecule has 0 aliphatic rings. The van der Waals surface area contributed by atoms with Crippen LogP contribution >= 0.6 is 0 Å². The van der Waals surface area contributed by atoms with E-state index >= 15 is 0 Å². The van der Waals surface area contributed by atoms with Crippen molar-refractivity contribution < 1.29 is 0 Å². The minimum atomic E-state index is 1.04. The Labute approximate surface area is 138 Å². The number of hydrogen-bond donors (Lipinski definition) is 0. The van der Waals surface area contributed by atoms with E-state index in [1.807, 2.05) is 0 Å². The van der Waals surface area contributed by atoms with Crippen LogP contribution in [0.3, 0.4) is 0 Å². The fourth-order valence-corrected chi connectivity index (χ4v) is 2.91. The summed E-state index contributed by atoms with van der Waals surface area (Å²) >= 11 is 0. The zero-order valence-electron chi connectivity index (χ0n) is 13.9. The standard InChI is InChI=1S/C21H24N2/c1-22(2)15-8-16-23-20(14-13-18-9-4-3-5-10-18)17-19-11-6-7-12-21(19)23/h3-7,9-14,17H,8,15-16H2,1-2H3. The van der Waals surface area contributed by atoms with Crippen molar-refractivity contribution in [2.24, 2.45) is 0 Å². The fraction of sp³-hybridized carbons (Fsp3) is 0.238. The molecule has 23 heavy (non-hydrogen) atoms. The molecule has 0 spiro atoms. The Morgan fingerprint density at radius 1 is 0.913 bits per heavy atom. The molecule has 1 heterocycles. The molecule has 0 aliphatic heterocycles. The van der Waals surface area contributed by atoms with Gasteiger partial charge in [-0.15, -0.1) is 0 Å². The first-order valence-corrected chi connectivity index (χ1v) is 8.20. The van der Waals surface area contributed by atoms with E-state index in [0.29, 0.717) is 0 Å². The van der Waals surface area contributed by atoms with Crippen LogP contribution in [0.4, 0.5) is 0 Å². The van der Waals surface area contributed by atoms with Gasteiger partial charge in [0, 0.05) is 23.1 Å². The molecule has 3 rings (SSSR count). The van der Waals surface area contributed by atoms with Crippen molar-refractivity contribution in [3.8, 4) is 0 Å². The SMILES string of the molecule is CN(C)CCCn1c(C=Cc2ccccc2)cc2ccccc21. The van der Waals surface area contributed by atoms with Crippen LogP contribution in [0.15, 0.2) is 60.7 Å². The normalized spacial score (nSPS) is 11.8. The van der Waals surface area contributed by atoms with Gasteiger partial charge in [0.1, 0.15) is 0 Å². The van der Waals surface area contributed by atoms with Gasteiger partial charge >= 0.3 is 0 Å². The molecule has 2 nitrogen and oxygen atoms in total.